The summed E-state index contributed by atoms with van der Waals surface area (Å²) in [6, 6.07) is 6.55. The molecule has 1 N–H and O–H groups in total. The number of benzene rings is 1. The maximum absolute atomic E-state index is 12.7. The summed E-state index contributed by atoms with van der Waals surface area (Å²) in [5.41, 5.74) is 0.0811. The van der Waals surface area contributed by atoms with E-state index in [4.69, 9.17) is 0 Å². The highest BCUT2D eigenvalue weighted by Gasteiger charge is 2.33. The van der Waals surface area contributed by atoms with E-state index in [1.807, 2.05) is 0 Å². The lowest BCUT2D eigenvalue weighted by atomic mass is 10.00. The molecule has 2 heterocycles. The molecule has 1 unspecified atom stereocenters. The Morgan fingerprint density at radius 3 is 2.60 bits per heavy atom. The molecule has 4 rings (SSSR count). The molecule has 2 aliphatic rings. The largest absolute Gasteiger partial charge is 0.341 e. The Hall–Kier alpha value is -2.62. The minimum atomic E-state index is -0.497. The van der Waals surface area contributed by atoms with Crippen molar-refractivity contribution in [1.29, 1.82) is 0 Å². The molecule has 1 saturated heterocycles. The van der Waals surface area contributed by atoms with E-state index in [1.54, 1.807) is 19.1 Å². The van der Waals surface area contributed by atoms with Crippen LogP contribution in [0.15, 0.2) is 29.4 Å². The molecule has 160 valence electrons. The van der Waals surface area contributed by atoms with Crippen LogP contribution in [0.5, 0.6) is 0 Å². The predicted molar refractivity (Wildman–Crippen MR) is 116 cm³/mol. The summed E-state index contributed by atoms with van der Waals surface area (Å²) in [6.45, 7) is 6.01. The zero-order valence-corrected chi connectivity index (χ0v) is 18.0. The summed E-state index contributed by atoms with van der Waals surface area (Å²) >= 11 is 1.35. The number of thioether (sulfide) groups is 1. The van der Waals surface area contributed by atoms with E-state index in [-0.39, 0.29) is 17.3 Å². The molecule has 10 heteroatoms. The molecule has 1 aromatic carbocycles. The minimum Gasteiger partial charge on any atom is -0.341 e. The Kier molecular flexibility index (Phi) is 5.94. The molecular weight excluding hydrogens is 404 g/mol. The van der Waals surface area contributed by atoms with E-state index >= 15 is 0 Å². The van der Waals surface area contributed by atoms with E-state index in [1.165, 1.54) is 23.9 Å². The average molecular weight is 431 g/mol. The summed E-state index contributed by atoms with van der Waals surface area (Å²) in [5.74, 6) is 1.34. The maximum Gasteiger partial charge on any atom is 0.292 e. The van der Waals surface area contributed by atoms with Gasteiger partial charge in [0.05, 0.1) is 10.2 Å². The molecule has 1 aliphatic carbocycles. The van der Waals surface area contributed by atoms with E-state index in [0.717, 1.165) is 55.8 Å². The number of anilines is 2. The Bertz CT molecular complexity index is 936. The first-order valence-electron chi connectivity index (χ1n) is 10.3. The molecule has 0 bridgehead atoms. The number of nitrogens with zero attached hydrogens (tertiary/aromatic N) is 5. The van der Waals surface area contributed by atoms with Crippen LogP contribution >= 0.6 is 11.8 Å². The van der Waals surface area contributed by atoms with Crippen LogP contribution in [0.2, 0.25) is 0 Å². The van der Waals surface area contributed by atoms with Gasteiger partial charge in [-0.1, -0.05) is 30.8 Å². The summed E-state index contributed by atoms with van der Waals surface area (Å²) in [4.78, 5) is 25.7. The van der Waals surface area contributed by atoms with Crippen LogP contribution in [0.1, 0.15) is 45.6 Å². The van der Waals surface area contributed by atoms with Crippen molar-refractivity contribution < 1.29 is 9.72 Å². The third-order valence-corrected chi connectivity index (χ3v) is 6.69. The summed E-state index contributed by atoms with van der Waals surface area (Å²) < 4.78 is 2.18. The summed E-state index contributed by atoms with van der Waals surface area (Å²) in [5, 5.41) is 23.0. The third-order valence-electron chi connectivity index (χ3n) is 5.64. The maximum atomic E-state index is 12.7. The zero-order valence-electron chi connectivity index (χ0n) is 17.2. The van der Waals surface area contributed by atoms with Gasteiger partial charge >= 0.3 is 0 Å². The van der Waals surface area contributed by atoms with E-state index in [9.17, 15) is 14.9 Å². The normalized spacial score (nSPS) is 18.3. The SMILES string of the molecule is CC1CCN(c2nnc(SC(C)C(=O)Nc3ccccc3[N+](=O)[O-])n2C2CC2)CC1. The number of hydrogen-bond donors (Lipinski definition) is 1. The first-order valence-corrected chi connectivity index (χ1v) is 11.2. The number of carbonyl (C=O) groups excluding carboxylic acids is 1. The molecule has 9 nitrogen and oxygen atoms in total. The van der Waals surface area contributed by atoms with Gasteiger partial charge in [-0.05, 0) is 44.6 Å². The van der Waals surface area contributed by atoms with Gasteiger partial charge in [0.1, 0.15) is 5.69 Å². The number of nitro groups is 1. The van der Waals surface area contributed by atoms with Crippen molar-refractivity contribution in [2.75, 3.05) is 23.3 Å². The molecule has 1 aromatic heterocycles. The lowest BCUT2D eigenvalue weighted by Gasteiger charge is -2.31. The standard InChI is InChI=1S/C20H26N6O3S/c1-13-9-11-24(12-10-13)19-22-23-20(25(19)15-7-8-15)30-14(2)18(27)21-16-5-3-4-6-17(16)26(28)29/h3-6,13-15H,7-12H2,1-2H3,(H,21,27). The third kappa shape index (κ3) is 4.43. The number of hydrogen-bond acceptors (Lipinski definition) is 7. The van der Waals surface area contributed by atoms with Crippen LogP contribution in [0.25, 0.3) is 0 Å². The van der Waals surface area contributed by atoms with Gasteiger partial charge in [0.2, 0.25) is 11.9 Å². The van der Waals surface area contributed by atoms with Gasteiger partial charge in [-0.2, -0.15) is 0 Å². The second-order valence-corrected chi connectivity index (χ2v) is 9.38. The van der Waals surface area contributed by atoms with Crippen LogP contribution in [0.3, 0.4) is 0 Å². The molecule has 2 aromatic rings. The van der Waals surface area contributed by atoms with Crippen molar-refractivity contribution in [3.8, 4) is 0 Å². The Morgan fingerprint density at radius 1 is 1.23 bits per heavy atom. The van der Waals surface area contributed by atoms with Crippen LogP contribution < -0.4 is 10.2 Å². The van der Waals surface area contributed by atoms with Gasteiger partial charge in [-0.15, -0.1) is 10.2 Å². The second-order valence-electron chi connectivity index (χ2n) is 8.08. The molecule has 1 saturated carbocycles. The van der Waals surface area contributed by atoms with Crippen molar-refractivity contribution in [3.63, 3.8) is 0 Å². The van der Waals surface area contributed by atoms with Gasteiger partial charge in [0.15, 0.2) is 5.16 Å². The van der Waals surface area contributed by atoms with Gasteiger partial charge < -0.3 is 10.2 Å². The van der Waals surface area contributed by atoms with Crippen molar-refractivity contribution >= 4 is 35.0 Å². The van der Waals surface area contributed by atoms with Crippen molar-refractivity contribution in [1.82, 2.24) is 14.8 Å². The first-order chi connectivity index (χ1) is 14.4. The number of carbonyl (C=O) groups is 1. The van der Waals surface area contributed by atoms with E-state index in [0.29, 0.717) is 6.04 Å². The number of piperidine rings is 1. The summed E-state index contributed by atoms with van der Waals surface area (Å²) in [6.07, 6.45) is 4.49. The predicted octanol–water partition coefficient (Wildman–Crippen LogP) is 3.88. The molecule has 2 fully saturated rings. The molecule has 1 atom stereocenters. The minimum absolute atomic E-state index is 0.120. The van der Waals surface area contributed by atoms with Gasteiger partial charge in [0.25, 0.3) is 5.69 Å². The number of aromatic nitrogens is 3. The molecule has 0 spiro atoms. The molecule has 30 heavy (non-hydrogen) atoms. The zero-order chi connectivity index (χ0) is 21.3. The quantitative estimate of drug-likeness (QED) is 0.404. The van der Waals surface area contributed by atoms with Crippen molar-refractivity contribution in [2.45, 2.75) is 56.0 Å². The van der Waals surface area contributed by atoms with Crippen LogP contribution in [-0.2, 0) is 4.79 Å². The topological polar surface area (TPSA) is 106 Å². The van der Waals surface area contributed by atoms with Gasteiger partial charge in [-0.3, -0.25) is 19.5 Å². The second kappa shape index (κ2) is 8.63. The molecule has 1 aliphatic heterocycles. The highest BCUT2D eigenvalue weighted by atomic mass is 32.2. The van der Waals surface area contributed by atoms with Gasteiger partial charge in [0, 0.05) is 25.2 Å². The van der Waals surface area contributed by atoms with Crippen LogP contribution in [0.4, 0.5) is 17.3 Å². The Morgan fingerprint density at radius 2 is 1.93 bits per heavy atom. The monoisotopic (exact) mass is 430 g/mol. The lowest BCUT2D eigenvalue weighted by molar-refractivity contribution is -0.383. The smallest absolute Gasteiger partial charge is 0.292 e. The highest BCUT2D eigenvalue weighted by molar-refractivity contribution is 8.00. The molecule has 1 amide bonds. The molecular formula is C20H26N6O3S. The Labute approximate surface area is 179 Å². The lowest BCUT2D eigenvalue weighted by Crippen LogP contribution is -2.34. The summed E-state index contributed by atoms with van der Waals surface area (Å²) in [7, 11) is 0. The fourth-order valence-electron chi connectivity index (χ4n) is 3.61. The number of nitro benzene ring substituents is 1. The van der Waals surface area contributed by atoms with E-state index < -0.39 is 10.2 Å². The first kappa shape index (κ1) is 20.6. The van der Waals surface area contributed by atoms with Crippen molar-refractivity contribution in [3.05, 3.63) is 34.4 Å². The molecule has 0 radical (unpaired) electrons. The number of rotatable bonds is 7. The van der Waals surface area contributed by atoms with Crippen molar-refractivity contribution in [2.24, 2.45) is 5.92 Å². The average Bonchev–Trinajstić information content (AvgIpc) is 3.49. The fourth-order valence-corrected chi connectivity index (χ4v) is 4.53. The Balaban J connectivity index is 1.47. The number of amides is 1. The van der Waals surface area contributed by atoms with Crippen LogP contribution in [0, 0.1) is 16.0 Å². The van der Waals surface area contributed by atoms with E-state index in [2.05, 4.69) is 31.9 Å². The highest BCUT2D eigenvalue weighted by Crippen LogP contribution is 2.42. The fraction of sp³-hybridized carbons (Fsp3) is 0.550. The van der Waals surface area contributed by atoms with Gasteiger partial charge in [-0.25, -0.2) is 0 Å². The number of para-hydroxylation sites is 2. The van der Waals surface area contributed by atoms with Crippen LogP contribution in [-0.4, -0.2) is 43.9 Å². The number of nitrogens with one attached hydrogen (secondary N) is 1.